The standard InChI is InChI=1S/C29H30F3N5O7/c1-13-18(11-34-25-23(13)37(28(40)41)5-6-42-25)17-9-14-10-20(35-26(38)43-16-7-15(8-16)24(31)32)33-12-19(14)22(21(17)30)36-27(39)44-29(2,3)4/h9-12,15-16,24H,5-8H2,1-4H3,(H,36,39)(H,40,41)(H,33,35,38). The van der Waals surface area contributed by atoms with Crippen molar-refractivity contribution in [2.24, 2.45) is 5.92 Å². The number of nitrogens with zero attached hydrogens (tertiary/aromatic N) is 3. The van der Waals surface area contributed by atoms with Gasteiger partial charge in [0.15, 0.2) is 5.82 Å². The lowest BCUT2D eigenvalue weighted by molar-refractivity contribution is -0.0478. The Kier molecular flexibility index (Phi) is 8.14. The number of carbonyl (C=O) groups excluding carboxylic acids is 2. The molecule has 0 bridgehead atoms. The SMILES string of the molecule is Cc1c(-c2cc3cc(NC(=O)OC4CC(C(F)F)C4)ncc3c(NC(=O)OC(C)(C)C)c2F)cnc2c1N(C(=O)O)CCO2. The third-order valence-corrected chi connectivity index (χ3v) is 7.20. The van der Waals surface area contributed by atoms with Crippen molar-refractivity contribution in [3.05, 3.63) is 35.9 Å². The topological polar surface area (TPSA) is 152 Å². The van der Waals surface area contributed by atoms with Crippen LogP contribution < -0.4 is 20.3 Å². The number of nitrogens with one attached hydrogen (secondary N) is 2. The lowest BCUT2D eigenvalue weighted by Crippen LogP contribution is -2.38. The number of hydrogen-bond acceptors (Lipinski definition) is 8. The van der Waals surface area contributed by atoms with Crippen LogP contribution >= 0.6 is 0 Å². The Bertz CT molecular complexity index is 1640. The van der Waals surface area contributed by atoms with Gasteiger partial charge in [0.2, 0.25) is 12.3 Å². The molecule has 5 rings (SSSR count). The highest BCUT2D eigenvalue weighted by atomic mass is 19.3. The molecule has 2 aliphatic rings. The predicted molar refractivity (Wildman–Crippen MR) is 153 cm³/mol. The van der Waals surface area contributed by atoms with E-state index in [1.165, 1.54) is 24.5 Å². The van der Waals surface area contributed by atoms with Crippen LogP contribution in [0.5, 0.6) is 5.88 Å². The smallest absolute Gasteiger partial charge is 0.413 e. The molecule has 3 aromatic rings. The second-order valence-electron chi connectivity index (χ2n) is 11.5. The van der Waals surface area contributed by atoms with Crippen LogP contribution in [0.2, 0.25) is 0 Å². The number of benzene rings is 1. The van der Waals surface area contributed by atoms with Crippen molar-refractivity contribution in [2.75, 3.05) is 28.7 Å². The molecule has 3 amide bonds. The molecule has 234 valence electrons. The summed E-state index contributed by atoms with van der Waals surface area (Å²) in [6.45, 7) is 6.67. The molecule has 0 unspecified atom stereocenters. The van der Waals surface area contributed by atoms with Gasteiger partial charge in [0.05, 0.1) is 12.2 Å². The largest absolute Gasteiger partial charge is 0.474 e. The van der Waals surface area contributed by atoms with E-state index < -0.39 is 48.1 Å². The maximum absolute atomic E-state index is 16.3. The van der Waals surface area contributed by atoms with Crippen LogP contribution in [0.3, 0.4) is 0 Å². The third-order valence-electron chi connectivity index (χ3n) is 7.20. The van der Waals surface area contributed by atoms with Gasteiger partial charge in [-0.25, -0.2) is 37.5 Å². The van der Waals surface area contributed by atoms with Gasteiger partial charge in [-0.1, -0.05) is 0 Å². The zero-order valence-corrected chi connectivity index (χ0v) is 24.2. The second kappa shape index (κ2) is 11.7. The molecule has 0 radical (unpaired) electrons. The number of fused-ring (bicyclic) bond motifs is 2. The lowest BCUT2D eigenvalue weighted by Gasteiger charge is -2.33. The van der Waals surface area contributed by atoms with Crippen LogP contribution in [0, 0.1) is 18.7 Å². The van der Waals surface area contributed by atoms with Crippen LogP contribution in [0.1, 0.15) is 39.2 Å². The summed E-state index contributed by atoms with van der Waals surface area (Å²) in [4.78, 5) is 46.5. The molecule has 2 aromatic heterocycles. The third kappa shape index (κ3) is 6.26. The van der Waals surface area contributed by atoms with Gasteiger partial charge in [-0.05, 0) is 63.6 Å². The minimum Gasteiger partial charge on any atom is -0.474 e. The molecule has 15 heteroatoms. The molecule has 0 spiro atoms. The number of anilines is 3. The van der Waals surface area contributed by atoms with Gasteiger partial charge >= 0.3 is 18.3 Å². The maximum atomic E-state index is 16.3. The Hall–Kier alpha value is -4.82. The molecule has 1 aliphatic carbocycles. The molecule has 1 aliphatic heterocycles. The summed E-state index contributed by atoms with van der Waals surface area (Å²) in [5, 5.41) is 15.1. The Labute approximate surface area is 249 Å². The number of alkyl halides is 2. The van der Waals surface area contributed by atoms with Crippen LogP contribution in [0.25, 0.3) is 21.9 Å². The van der Waals surface area contributed by atoms with Gasteiger partial charge in [-0.3, -0.25) is 15.5 Å². The molecule has 12 nitrogen and oxygen atoms in total. The van der Waals surface area contributed by atoms with Gasteiger partial charge in [0, 0.05) is 34.8 Å². The number of ether oxygens (including phenoxy) is 3. The van der Waals surface area contributed by atoms with Crippen molar-refractivity contribution in [3.63, 3.8) is 0 Å². The van der Waals surface area contributed by atoms with E-state index in [2.05, 4.69) is 20.6 Å². The van der Waals surface area contributed by atoms with Crippen molar-refractivity contribution in [2.45, 2.75) is 58.7 Å². The Morgan fingerprint density at radius 3 is 2.48 bits per heavy atom. The molecule has 1 aromatic carbocycles. The number of rotatable bonds is 5. The summed E-state index contributed by atoms with van der Waals surface area (Å²) in [5.74, 6) is -1.59. The van der Waals surface area contributed by atoms with Crippen LogP contribution in [0.4, 0.5) is 44.7 Å². The molecular formula is C29H30F3N5O7. The van der Waals surface area contributed by atoms with Gasteiger partial charge in [0.25, 0.3) is 0 Å². The maximum Gasteiger partial charge on any atom is 0.413 e. The van der Waals surface area contributed by atoms with Crippen molar-refractivity contribution in [1.29, 1.82) is 0 Å². The summed E-state index contributed by atoms with van der Waals surface area (Å²) in [6, 6.07) is 2.85. The number of carboxylic acid groups (broad SMARTS) is 1. The first-order valence-electron chi connectivity index (χ1n) is 13.7. The monoisotopic (exact) mass is 617 g/mol. The Morgan fingerprint density at radius 1 is 1.09 bits per heavy atom. The molecule has 1 saturated carbocycles. The first-order chi connectivity index (χ1) is 20.7. The van der Waals surface area contributed by atoms with E-state index in [0.29, 0.717) is 10.9 Å². The van der Waals surface area contributed by atoms with Crippen LogP contribution in [0.15, 0.2) is 24.5 Å². The van der Waals surface area contributed by atoms with E-state index in [4.69, 9.17) is 14.2 Å². The summed E-state index contributed by atoms with van der Waals surface area (Å²) in [5.41, 5.74) is -0.469. The molecule has 44 heavy (non-hydrogen) atoms. The number of carbonyl (C=O) groups is 3. The average Bonchev–Trinajstić information content (AvgIpc) is 2.90. The molecule has 3 N–H and O–H groups in total. The van der Waals surface area contributed by atoms with Gasteiger partial charge < -0.3 is 19.3 Å². The van der Waals surface area contributed by atoms with Crippen molar-refractivity contribution in [1.82, 2.24) is 9.97 Å². The van der Waals surface area contributed by atoms with E-state index in [9.17, 15) is 28.3 Å². The van der Waals surface area contributed by atoms with Gasteiger partial charge in [-0.2, -0.15) is 0 Å². The van der Waals surface area contributed by atoms with Crippen LogP contribution in [-0.2, 0) is 9.47 Å². The number of hydrogen-bond donors (Lipinski definition) is 3. The minimum atomic E-state index is -2.48. The average molecular weight is 618 g/mol. The van der Waals surface area contributed by atoms with Gasteiger partial charge in [-0.15, -0.1) is 0 Å². The number of halogens is 3. The highest BCUT2D eigenvalue weighted by Gasteiger charge is 2.38. The summed E-state index contributed by atoms with van der Waals surface area (Å²) < 4.78 is 57.9. The van der Waals surface area contributed by atoms with E-state index in [0.717, 1.165) is 4.90 Å². The number of pyridine rings is 2. The predicted octanol–water partition coefficient (Wildman–Crippen LogP) is 6.56. The number of amides is 3. The molecule has 3 heterocycles. The fourth-order valence-corrected chi connectivity index (χ4v) is 5.06. The number of aromatic nitrogens is 2. The van der Waals surface area contributed by atoms with Crippen molar-refractivity contribution in [3.8, 4) is 17.0 Å². The lowest BCUT2D eigenvalue weighted by atomic mass is 9.83. The molecule has 1 fully saturated rings. The quantitative estimate of drug-likeness (QED) is 0.289. The molecular weight excluding hydrogens is 587 g/mol. The normalized spacial score (nSPS) is 17.8. The summed E-state index contributed by atoms with van der Waals surface area (Å²) in [7, 11) is 0. The fourth-order valence-electron chi connectivity index (χ4n) is 5.06. The van der Waals surface area contributed by atoms with E-state index in [-0.39, 0.29) is 65.6 Å². The zero-order chi connectivity index (χ0) is 31.9. The van der Waals surface area contributed by atoms with E-state index >= 15 is 4.39 Å². The van der Waals surface area contributed by atoms with Crippen molar-refractivity contribution >= 4 is 46.2 Å². The van der Waals surface area contributed by atoms with E-state index in [1.54, 1.807) is 27.7 Å². The zero-order valence-electron chi connectivity index (χ0n) is 24.2. The Balaban J connectivity index is 1.55. The highest BCUT2D eigenvalue weighted by Crippen LogP contribution is 2.42. The fraction of sp³-hybridized carbons (Fsp3) is 0.414. The first-order valence-corrected chi connectivity index (χ1v) is 13.7. The first kappa shape index (κ1) is 30.6. The summed E-state index contributed by atoms with van der Waals surface area (Å²) >= 11 is 0. The summed E-state index contributed by atoms with van der Waals surface area (Å²) in [6.07, 6.45) is -3.51. The highest BCUT2D eigenvalue weighted by molar-refractivity contribution is 6.04. The van der Waals surface area contributed by atoms with Gasteiger partial charge in [0.1, 0.15) is 29.8 Å². The van der Waals surface area contributed by atoms with E-state index in [1.807, 2.05) is 0 Å². The van der Waals surface area contributed by atoms with Crippen molar-refractivity contribution < 1.29 is 46.9 Å². The van der Waals surface area contributed by atoms with Crippen LogP contribution in [-0.4, -0.2) is 64.6 Å². The molecule has 0 saturated heterocycles. The molecule has 0 atom stereocenters. The second-order valence-corrected chi connectivity index (χ2v) is 11.5. The Morgan fingerprint density at radius 2 is 1.82 bits per heavy atom. The minimum absolute atomic E-state index is 0.0127.